The maximum Gasteiger partial charge on any atom is 0.250 e. The Morgan fingerprint density at radius 3 is 2.88 bits per heavy atom. The zero-order valence-electron chi connectivity index (χ0n) is 15.1. The fourth-order valence-corrected chi connectivity index (χ4v) is 2.90. The largest absolute Gasteiger partial charge is 0.494 e. The highest BCUT2D eigenvalue weighted by Gasteiger charge is 2.01. The van der Waals surface area contributed by atoms with Gasteiger partial charge in [0.15, 0.2) is 0 Å². The Morgan fingerprint density at radius 1 is 1.12 bits per heavy atom. The summed E-state index contributed by atoms with van der Waals surface area (Å²) in [7, 11) is 1.78. The van der Waals surface area contributed by atoms with Crippen LogP contribution in [0.1, 0.15) is 18.4 Å². The molecule has 2 heterocycles. The van der Waals surface area contributed by atoms with Gasteiger partial charge >= 0.3 is 0 Å². The van der Waals surface area contributed by atoms with Gasteiger partial charge < -0.3 is 14.6 Å². The number of nitrogens with zero attached hydrogens (tertiary/aromatic N) is 2. The summed E-state index contributed by atoms with van der Waals surface area (Å²) in [5.74, 6) is 0.848. The van der Waals surface area contributed by atoms with Gasteiger partial charge in [-0.2, -0.15) is 0 Å². The third-order valence-corrected chi connectivity index (χ3v) is 4.43. The van der Waals surface area contributed by atoms with Gasteiger partial charge in [-0.15, -0.1) is 0 Å². The second-order valence-corrected chi connectivity index (χ2v) is 6.37. The van der Waals surface area contributed by atoms with Crippen LogP contribution < -0.4 is 15.6 Å². The van der Waals surface area contributed by atoms with Gasteiger partial charge in [-0.25, -0.2) is 0 Å². The summed E-state index contributed by atoms with van der Waals surface area (Å²) in [6, 6.07) is 13.4. The van der Waals surface area contributed by atoms with Gasteiger partial charge in [0.05, 0.1) is 12.1 Å². The third-order valence-electron chi connectivity index (χ3n) is 4.43. The SMILES string of the molecule is Cn1c(=O)ccc2cc(OCCCCNCCc3cccnc3)ccc21. The summed E-state index contributed by atoms with van der Waals surface area (Å²) in [5, 5.41) is 4.47. The van der Waals surface area contributed by atoms with Crippen molar-refractivity contribution in [2.75, 3.05) is 19.7 Å². The standard InChI is InChI=1S/C21H25N3O2/c1-24-20-8-7-19(15-18(20)6-9-21(24)25)26-14-3-2-11-22-13-10-17-5-4-12-23-16-17/h4-9,12,15-16,22H,2-3,10-11,13-14H2,1H3. The fraction of sp³-hybridized carbons (Fsp3) is 0.333. The van der Waals surface area contributed by atoms with Crippen LogP contribution in [0.4, 0.5) is 0 Å². The van der Waals surface area contributed by atoms with Gasteiger partial charge in [0.25, 0.3) is 5.56 Å². The van der Waals surface area contributed by atoms with Gasteiger partial charge in [0, 0.05) is 30.9 Å². The molecule has 0 fully saturated rings. The molecule has 5 nitrogen and oxygen atoms in total. The Hall–Kier alpha value is -2.66. The van der Waals surface area contributed by atoms with Crippen molar-refractivity contribution in [3.05, 3.63) is 70.8 Å². The molecule has 3 rings (SSSR count). The molecule has 0 atom stereocenters. The van der Waals surface area contributed by atoms with E-state index in [2.05, 4.69) is 16.4 Å². The molecule has 0 unspecified atom stereocenters. The van der Waals surface area contributed by atoms with Crippen LogP contribution in [-0.4, -0.2) is 29.2 Å². The van der Waals surface area contributed by atoms with Gasteiger partial charge in [-0.1, -0.05) is 6.07 Å². The predicted molar refractivity (Wildman–Crippen MR) is 105 cm³/mol. The van der Waals surface area contributed by atoms with Crippen LogP contribution in [0, 0.1) is 0 Å². The monoisotopic (exact) mass is 351 g/mol. The first-order valence-electron chi connectivity index (χ1n) is 9.06. The number of hydrogen-bond acceptors (Lipinski definition) is 4. The van der Waals surface area contributed by atoms with Crippen molar-refractivity contribution >= 4 is 10.9 Å². The van der Waals surface area contributed by atoms with Crippen molar-refractivity contribution in [2.45, 2.75) is 19.3 Å². The topological polar surface area (TPSA) is 56.1 Å². The number of fused-ring (bicyclic) bond motifs is 1. The van der Waals surface area contributed by atoms with E-state index < -0.39 is 0 Å². The normalized spacial score (nSPS) is 11.0. The van der Waals surface area contributed by atoms with Crippen LogP contribution in [0.2, 0.25) is 0 Å². The average Bonchev–Trinajstić information content (AvgIpc) is 2.68. The van der Waals surface area contributed by atoms with E-state index in [1.165, 1.54) is 5.56 Å². The molecule has 1 aromatic carbocycles. The van der Waals surface area contributed by atoms with Crippen LogP contribution in [0.25, 0.3) is 10.9 Å². The molecule has 0 saturated heterocycles. The summed E-state index contributed by atoms with van der Waals surface area (Å²) >= 11 is 0. The van der Waals surface area contributed by atoms with Crippen molar-refractivity contribution in [1.29, 1.82) is 0 Å². The molecule has 0 saturated carbocycles. The summed E-state index contributed by atoms with van der Waals surface area (Å²) < 4.78 is 7.49. The molecule has 0 bridgehead atoms. The molecular formula is C21H25N3O2. The summed E-state index contributed by atoms with van der Waals surface area (Å²) in [5.41, 5.74) is 2.18. The van der Waals surface area contributed by atoms with Crippen LogP contribution in [0.3, 0.4) is 0 Å². The van der Waals surface area contributed by atoms with E-state index in [0.29, 0.717) is 6.61 Å². The lowest BCUT2D eigenvalue weighted by Gasteiger charge is -2.09. The van der Waals surface area contributed by atoms with E-state index in [1.54, 1.807) is 23.9 Å². The first kappa shape index (κ1) is 18.1. The molecule has 0 radical (unpaired) electrons. The van der Waals surface area contributed by atoms with Crippen LogP contribution in [-0.2, 0) is 13.5 Å². The van der Waals surface area contributed by atoms with Gasteiger partial charge in [-0.3, -0.25) is 9.78 Å². The molecule has 26 heavy (non-hydrogen) atoms. The van der Waals surface area contributed by atoms with E-state index in [1.807, 2.05) is 36.5 Å². The molecule has 3 aromatic rings. The second-order valence-electron chi connectivity index (χ2n) is 6.37. The highest BCUT2D eigenvalue weighted by molar-refractivity contribution is 5.80. The second kappa shape index (κ2) is 9.15. The Kier molecular flexibility index (Phi) is 6.39. The molecule has 0 aliphatic heterocycles. The third kappa shape index (κ3) is 4.92. The van der Waals surface area contributed by atoms with Gasteiger partial charge in [0.2, 0.25) is 0 Å². The van der Waals surface area contributed by atoms with Crippen molar-refractivity contribution in [2.24, 2.45) is 7.05 Å². The first-order valence-corrected chi connectivity index (χ1v) is 9.06. The zero-order chi connectivity index (χ0) is 18.2. The molecular weight excluding hydrogens is 326 g/mol. The molecule has 5 heteroatoms. The van der Waals surface area contributed by atoms with Crippen LogP contribution in [0.15, 0.2) is 59.7 Å². The van der Waals surface area contributed by atoms with Gasteiger partial charge in [0.1, 0.15) is 5.75 Å². The van der Waals surface area contributed by atoms with Crippen LogP contribution >= 0.6 is 0 Å². The molecule has 0 aliphatic carbocycles. The molecule has 0 amide bonds. The Balaban J connectivity index is 1.34. The maximum atomic E-state index is 11.6. The quantitative estimate of drug-likeness (QED) is 0.602. The molecule has 1 N–H and O–H groups in total. The van der Waals surface area contributed by atoms with E-state index in [9.17, 15) is 4.79 Å². The minimum atomic E-state index is 0.00203. The zero-order valence-corrected chi connectivity index (χ0v) is 15.1. The maximum absolute atomic E-state index is 11.6. The molecule has 0 spiro atoms. The number of rotatable bonds is 9. The number of pyridine rings is 2. The Labute approximate surface area is 153 Å². The smallest absolute Gasteiger partial charge is 0.250 e. The number of aryl methyl sites for hydroxylation is 1. The van der Waals surface area contributed by atoms with Crippen molar-refractivity contribution < 1.29 is 4.74 Å². The van der Waals surface area contributed by atoms with Crippen molar-refractivity contribution in [3.8, 4) is 5.75 Å². The number of nitrogens with one attached hydrogen (secondary N) is 1. The first-order chi connectivity index (χ1) is 12.7. The lowest BCUT2D eigenvalue weighted by atomic mass is 10.2. The summed E-state index contributed by atoms with van der Waals surface area (Å²) in [6.07, 6.45) is 6.80. The van der Waals surface area contributed by atoms with Crippen molar-refractivity contribution in [1.82, 2.24) is 14.9 Å². The highest BCUT2D eigenvalue weighted by atomic mass is 16.5. The van der Waals surface area contributed by atoms with E-state index in [4.69, 9.17) is 4.74 Å². The molecule has 0 aliphatic rings. The lowest BCUT2D eigenvalue weighted by molar-refractivity contribution is 0.306. The summed E-state index contributed by atoms with van der Waals surface area (Å²) in [4.78, 5) is 15.8. The number of benzene rings is 1. The summed E-state index contributed by atoms with van der Waals surface area (Å²) in [6.45, 7) is 2.65. The van der Waals surface area contributed by atoms with E-state index in [-0.39, 0.29) is 5.56 Å². The minimum Gasteiger partial charge on any atom is -0.494 e. The number of unbranched alkanes of at least 4 members (excludes halogenated alkanes) is 1. The van der Waals surface area contributed by atoms with Crippen LogP contribution in [0.5, 0.6) is 5.75 Å². The number of hydrogen-bond donors (Lipinski definition) is 1. The average molecular weight is 351 g/mol. The Bertz CT molecular complexity index is 891. The number of ether oxygens (including phenoxy) is 1. The fourth-order valence-electron chi connectivity index (χ4n) is 2.90. The van der Waals surface area contributed by atoms with Crippen molar-refractivity contribution in [3.63, 3.8) is 0 Å². The van der Waals surface area contributed by atoms with E-state index >= 15 is 0 Å². The lowest BCUT2D eigenvalue weighted by Crippen LogP contribution is -2.19. The minimum absolute atomic E-state index is 0.00203. The molecule has 136 valence electrons. The molecule has 2 aromatic heterocycles. The number of aromatic nitrogens is 2. The van der Waals surface area contributed by atoms with E-state index in [0.717, 1.165) is 49.0 Å². The predicted octanol–water partition coefficient (Wildman–Crippen LogP) is 2.92. The van der Waals surface area contributed by atoms with Gasteiger partial charge in [-0.05, 0) is 68.2 Å². The Morgan fingerprint density at radius 2 is 2.04 bits per heavy atom. The highest BCUT2D eigenvalue weighted by Crippen LogP contribution is 2.19.